The predicted molar refractivity (Wildman–Crippen MR) is 79.7 cm³/mol. The molecule has 0 spiro atoms. The fraction of sp³-hybridized carbons (Fsp3) is 0.375. The van der Waals surface area contributed by atoms with E-state index in [9.17, 15) is 0 Å². The van der Waals surface area contributed by atoms with Crippen LogP contribution in [-0.2, 0) is 26.1 Å². The molecule has 0 radical (unpaired) electrons. The van der Waals surface area contributed by atoms with Crippen molar-refractivity contribution in [1.82, 2.24) is 19.7 Å². The van der Waals surface area contributed by atoms with Crippen LogP contribution in [0.25, 0.3) is 11.0 Å². The highest BCUT2D eigenvalue weighted by molar-refractivity contribution is 5.82. The molecule has 21 heavy (non-hydrogen) atoms. The molecule has 0 bridgehead atoms. The largest absolute Gasteiger partial charge is 0.461 e. The Kier molecular flexibility index (Phi) is 3.00. The number of hydrogen-bond acceptors (Lipinski definition) is 4. The minimum absolute atomic E-state index is 0.850. The van der Waals surface area contributed by atoms with Gasteiger partial charge in [0.1, 0.15) is 23.5 Å². The topological polar surface area (TPSA) is 47.1 Å². The van der Waals surface area contributed by atoms with Gasteiger partial charge in [-0.3, -0.25) is 4.90 Å². The highest BCUT2D eigenvalue weighted by Gasteiger charge is 2.21. The van der Waals surface area contributed by atoms with Crippen molar-refractivity contribution in [2.24, 2.45) is 0 Å². The summed E-state index contributed by atoms with van der Waals surface area (Å²) in [4.78, 5) is 2.42. The summed E-state index contributed by atoms with van der Waals surface area (Å²) in [5, 5.41) is 9.41. The van der Waals surface area contributed by atoms with Crippen molar-refractivity contribution in [1.29, 1.82) is 0 Å². The molecular formula is C16H18N4O. The van der Waals surface area contributed by atoms with E-state index in [4.69, 9.17) is 4.42 Å². The summed E-state index contributed by atoms with van der Waals surface area (Å²) in [5.74, 6) is 2.15. The Morgan fingerprint density at radius 2 is 2.14 bits per heavy atom. The van der Waals surface area contributed by atoms with Gasteiger partial charge in [0.05, 0.1) is 6.54 Å². The summed E-state index contributed by atoms with van der Waals surface area (Å²) in [6.07, 6.45) is 2.74. The van der Waals surface area contributed by atoms with Gasteiger partial charge in [-0.2, -0.15) is 0 Å². The van der Waals surface area contributed by atoms with Crippen molar-refractivity contribution in [3.8, 4) is 0 Å². The van der Waals surface area contributed by atoms with Gasteiger partial charge in [-0.1, -0.05) is 25.1 Å². The molecule has 0 saturated heterocycles. The summed E-state index contributed by atoms with van der Waals surface area (Å²) < 4.78 is 8.11. The number of aryl methyl sites for hydroxylation is 1. The molecule has 1 aromatic carbocycles. The zero-order valence-corrected chi connectivity index (χ0v) is 12.1. The lowest BCUT2D eigenvalue weighted by molar-refractivity contribution is 0.208. The molecule has 0 aliphatic carbocycles. The molecule has 5 heteroatoms. The van der Waals surface area contributed by atoms with Gasteiger partial charge in [-0.15, -0.1) is 10.2 Å². The molecule has 4 rings (SSSR count). The first kappa shape index (κ1) is 12.6. The minimum atomic E-state index is 0.850. The van der Waals surface area contributed by atoms with Crippen LogP contribution in [0.2, 0.25) is 0 Å². The molecule has 1 aliphatic rings. The summed E-state index contributed by atoms with van der Waals surface area (Å²) in [6, 6.07) is 8.30. The molecule has 3 aromatic rings. The SMILES string of the molecule is CCc1oc2ccccc2c1CN1CCn2cnnc2C1. The minimum Gasteiger partial charge on any atom is -0.461 e. The van der Waals surface area contributed by atoms with Gasteiger partial charge in [-0.25, -0.2) is 0 Å². The Balaban J connectivity index is 1.65. The van der Waals surface area contributed by atoms with Gasteiger partial charge in [0.15, 0.2) is 0 Å². The second-order valence-corrected chi connectivity index (χ2v) is 5.50. The van der Waals surface area contributed by atoms with Gasteiger partial charge in [0.2, 0.25) is 0 Å². The highest BCUT2D eigenvalue weighted by atomic mass is 16.3. The van der Waals surface area contributed by atoms with Crippen LogP contribution < -0.4 is 0 Å². The molecule has 108 valence electrons. The van der Waals surface area contributed by atoms with E-state index < -0.39 is 0 Å². The van der Waals surface area contributed by atoms with Crippen molar-refractivity contribution in [2.45, 2.75) is 33.0 Å². The summed E-state index contributed by atoms with van der Waals surface area (Å²) in [5.41, 5.74) is 2.31. The molecule has 2 aromatic heterocycles. The molecule has 1 aliphatic heterocycles. The molecule has 0 N–H and O–H groups in total. The molecule has 0 saturated carbocycles. The summed E-state index contributed by atoms with van der Waals surface area (Å²) in [6.45, 7) is 5.89. The second kappa shape index (κ2) is 5.00. The number of benzene rings is 1. The maximum absolute atomic E-state index is 5.98. The Bertz CT molecular complexity index is 774. The lowest BCUT2D eigenvalue weighted by Gasteiger charge is -2.26. The third-order valence-electron chi connectivity index (χ3n) is 4.20. The first-order chi connectivity index (χ1) is 10.3. The monoisotopic (exact) mass is 282 g/mol. The third kappa shape index (κ3) is 2.14. The number of furan rings is 1. The zero-order chi connectivity index (χ0) is 14.2. The Morgan fingerprint density at radius 1 is 1.24 bits per heavy atom. The van der Waals surface area contributed by atoms with E-state index in [0.717, 1.165) is 49.8 Å². The van der Waals surface area contributed by atoms with Gasteiger partial charge in [0, 0.05) is 37.0 Å². The number of aromatic nitrogens is 3. The first-order valence-corrected chi connectivity index (χ1v) is 7.43. The third-order valence-corrected chi connectivity index (χ3v) is 4.20. The second-order valence-electron chi connectivity index (χ2n) is 5.50. The van der Waals surface area contributed by atoms with Crippen LogP contribution in [0.5, 0.6) is 0 Å². The molecular weight excluding hydrogens is 264 g/mol. The Morgan fingerprint density at radius 3 is 3.05 bits per heavy atom. The van der Waals surface area contributed by atoms with Gasteiger partial charge >= 0.3 is 0 Å². The quantitative estimate of drug-likeness (QED) is 0.741. The molecule has 0 fully saturated rings. The number of nitrogens with zero attached hydrogens (tertiary/aromatic N) is 4. The van der Waals surface area contributed by atoms with Crippen LogP contribution >= 0.6 is 0 Å². The van der Waals surface area contributed by atoms with E-state index in [-0.39, 0.29) is 0 Å². The van der Waals surface area contributed by atoms with Crippen LogP contribution in [0.4, 0.5) is 0 Å². The number of rotatable bonds is 3. The average Bonchev–Trinajstić information content (AvgIpc) is 3.11. The normalized spacial score (nSPS) is 15.5. The van der Waals surface area contributed by atoms with Crippen molar-refractivity contribution in [3.63, 3.8) is 0 Å². The van der Waals surface area contributed by atoms with Crippen LogP contribution in [0, 0.1) is 0 Å². The molecule has 5 nitrogen and oxygen atoms in total. The van der Waals surface area contributed by atoms with E-state index in [1.165, 1.54) is 10.9 Å². The van der Waals surface area contributed by atoms with Gasteiger partial charge in [0.25, 0.3) is 0 Å². The van der Waals surface area contributed by atoms with E-state index in [1.807, 2.05) is 18.5 Å². The van der Waals surface area contributed by atoms with E-state index >= 15 is 0 Å². The first-order valence-electron chi connectivity index (χ1n) is 7.43. The summed E-state index contributed by atoms with van der Waals surface area (Å²) in [7, 11) is 0. The van der Waals surface area contributed by atoms with Crippen LogP contribution in [0.1, 0.15) is 24.1 Å². The smallest absolute Gasteiger partial charge is 0.147 e. The van der Waals surface area contributed by atoms with E-state index in [1.54, 1.807) is 0 Å². The highest BCUT2D eigenvalue weighted by Crippen LogP contribution is 2.28. The molecule has 3 heterocycles. The summed E-state index contributed by atoms with van der Waals surface area (Å²) >= 11 is 0. The maximum Gasteiger partial charge on any atom is 0.147 e. The fourth-order valence-corrected chi connectivity index (χ4v) is 3.08. The van der Waals surface area contributed by atoms with E-state index in [2.05, 4.69) is 38.7 Å². The van der Waals surface area contributed by atoms with Crippen molar-refractivity contribution in [2.75, 3.05) is 6.54 Å². The predicted octanol–water partition coefficient (Wildman–Crippen LogP) is 2.60. The Hall–Kier alpha value is -2.14. The van der Waals surface area contributed by atoms with E-state index in [0.29, 0.717) is 0 Å². The zero-order valence-electron chi connectivity index (χ0n) is 12.1. The molecule has 0 atom stereocenters. The van der Waals surface area contributed by atoms with Crippen LogP contribution in [0.3, 0.4) is 0 Å². The van der Waals surface area contributed by atoms with Crippen LogP contribution in [-0.4, -0.2) is 26.2 Å². The van der Waals surface area contributed by atoms with Crippen molar-refractivity contribution in [3.05, 3.63) is 47.7 Å². The Labute approximate surface area is 123 Å². The van der Waals surface area contributed by atoms with Gasteiger partial charge in [-0.05, 0) is 6.07 Å². The van der Waals surface area contributed by atoms with Crippen molar-refractivity contribution < 1.29 is 4.42 Å². The standard InChI is InChI=1S/C16H18N4O/c1-2-14-13(12-5-3-4-6-15(12)21-14)9-19-7-8-20-11-17-18-16(20)10-19/h3-6,11H,2,7-10H2,1H3. The lowest BCUT2D eigenvalue weighted by Crippen LogP contribution is -2.33. The molecule has 0 amide bonds. The number of hydrogen-bond donors (Lipinski definition) is 0. The number of fused-ring (bicyclic) bond motifs is 2. The fourth-order valence-electron chi connectivity index (χ4n) is 3.08. The van der Waals surface area contributed by atoms with Crippen molar-refractivity contribution >= 4 is 11.0 Å². The maximum atomic E-state index is 5.98. The van der Waals surface area contributed by atoms with Crippen LogP contribution in [0.15, 0.2) is 35.0 Å². The number of para-hydroxylation sites is 1. The average molecular weight is 282 g/mol. The molecule has 0 unspecified atom stereocenters. The lowest BCUT2D eigenvalue weighted by atomic mass is 10.1. The van der Waals surface area contributed by atoms with Gasteiger partial charge < -0.3 is 8.98 Å².